The largest absolute Gasteiger partial charge is 0.506 e. The van der Waals surface area contributed by atoms with E-state index < -0.39 is 9.85 Å². The molecule has 8 nitrogen and oxygen atoms in total. The third-order valence-electron chi connectivity index (χ3n) is 3.65. The summed E-state index contributed by atoms with van der Waals surface area (Å²) in [5.74, 6) is -0.116. The van der Waals surface area contributed by atoms with Gasteiger partial charge in [-0.25, -0.2) is 0 Å². The molecule has 0 spiro atoms. The van der Waals surface area contributed by atoms with Gasteiger partial charge in [-0.1, -0.05) is 76.7 Å². The van der Waals surface area contributed by atoms with Crippen LogP contribution in [0.3, 0.4) is 0 Å². The number of benzene rings is 3. The van der Waals surface area contributed by atoms with Crippen LogP contribution in [-0.2, 0) is 6.61 Å². The van der Waals surface area contributed by atoms with Crippen LogP contribution in [0.2, 0.25) is 20.1 Å². The van der Waals surface area contributed by atoms with Gasteiger partial charge in [0, 0.05) is 0 Å². The molecule has 0 aliphatic heterocycles. The van der Waals surface area contributed by atoms with E-state index in [1.54, 1.807) is 0 Å². The fraction of sp³-hybridized carbons (Fsp3) is 0.0526. The summed E-state index contributed by atoms with van der Waals surface area (Å²) in [6, 6.07) is 14.0. The molecule has 3 aromatic carbocycles. The van der Waals surface area contributed by atoms with Gasteiger partial charge in [0.05, 0.1) is 32.0 Å². The predicted octanol–water partition coefficient (Wildman–Crippen LogP) is 7.09. The number of phenols is 1. The number of rotatable bonds is 5. The molecule has 0 aliphatic carbocycles. The van der Waals surface area contributed by atoms with Crippen LogP contribution in [0.25, 0.3) is 0 Å². The monoisotopic (exact) mass is 504 g/mol. The van der Waals surface area contributed by atoms with Crippen LogP contribution in [0, 0.1) is 20.2 Å². The number of phenolic OH excluding ortho intramolecular Hbond substituents is 1. The summed E-state index contributed by atoms with van der Waals surface area (Å²) >= 11 is 22.6. The van der Waals surface area contributed by atoms with Gasteiger partial charge in [-0.05, 0) is 17.7 Å². The highest BCUT2D eigenvalue weighted by Crippen LogP contribution is 2.36. The van der Waals surface area contributed by atoms with Crippen molar-refractivity contribution in [2.45, 2.75) is 6.61 Å². The van der Waals surface area contributed by atoms with Crippen LogP contribution < -0.4 is 4.74 Å². The number of halogens is 4. The van der Waals surface area contributed by atoms with Crippen LogP contribution in [0.15, 0.2) is 54.6 Å². The Hall–Kier alpha value is -2.78. The fourth-order valence-electron chi connectivity index (χ4n) is 2.17. The highest BCUT2D eigenvalue weighted by atomic mass is 35.5. The van der Waals surface area contributed by atoms with Crippen molar-refractivity contribution in [3.8, 4) is 11.5 Å². The first-order chi connectivity index (χ1) is 14.6. The Morgan fingerprint density at radius 2 is 1.29 bits per heavy atom. The van der Waals surface area contributed by atoms with Crippen molar-refractivity contribution < 1.29 is 19.7 Å². The predicted molar refractivity (Wildman–Crippen MR) is 119 cm³/mol. The SMILES string of the molecule is O=[N+]([O-])c1cc(O)c(Cl)cc1Cl.O=[N+]([O-])c1cc(OCc2ccccc2)c(Cl)cc1Cl. The summed E-state index contributed by atoms with van der Waals surface area (Å²) in [4.78, 5) is 19.8. The summed E-state index contributed by atoms with van der Waals surface area (Å²) in [6.45, 7) is 0.277. The topological polar surface area (TPSA) is 116 Å². The minimum Gasteiger partial charge on any atom is -0.506 e. The van der Waals surface area contributed by atoms with E-state index in [0.29, 0.717) is 0 Å². The Kier molecular flexibility index (Phi) is 8.70. The van der Waals surface area contributed by atoms with Gasteiger partial charge in [-0.3, -0.25) is 20.2 Å². The van der Waals surface area contributed by atoms with Crippen LogP contribution >= 0.6 is 46.4 Å². The van der Waals surface area contributed by atoms with Gasteiger partial charge >= 0.3 is 0 Å². The first-order valence-corrected chi connectivity index (χ1v) is 9.74. The lowest BCUT2D eigenvalue weighted by atomic mass is 10.2. The lowest BCUT2D eigenvalue weighted by molar-refractivity contribution is -0.384. The standard InChI is InChI=1S/C13H9Cl2NO3.C6H3Cl2NO3/c14-10-6-11(15)13(7-12(10)16(17)18)19-8-9-4-2-1-3-5-9;7-3-1-4(8)6(10)2-5(3)9(11)12/h1-7H,8H2;1-2,10H. The average molecular weight is 506 g/mol. The summed E-state index contributed by atoms with van der Waals surface area (Å²) in [7, 11) is 0. The molecule has 0 bridgehead atoms. The van der Waals surface area contributed by atoms with E-state index in [4.69, 9.17) is 56.2 Å². The third-order valence-corrected chi connectivity index (χ3v) is 4.85. The Labute approximate surface area is 195 Å². The zero-order valence-electron chi connectivity index (χ0n) is 15.3. The number of hydrogen-bond donors (Lipinski definition) is 1. The summed E-state index contributed by atoms with van der Waals surface area (Å²) in [6.07, 6.45) is 0. The van der Waals surface area contributed by atoms with Crippen molar-refractivity contribution in [2.24, 2.45) is 0 Å². The molecule has 1 N–H and O–H groups in total. The maximum atomic E-state index is 10.8. The molecule has 162 valence electrons. The Bertz CT molecular complexity index is 1110. The van der Waals surface area contributed by atoms with E-state index in [1.165, 1.54) is 12.1 Å². The second-order valence-corrected chi connectivity index (χ2v) is 7.41. The Balaban J connectivity index is 0.000000245. The molecule has 31 heavy (non-hydrogen) atoms. The molecule has 0 unspecified atom stereocenters. The second-order valence-electron chi connectivity index (χ2n) is 5.78. The number of nitro groups is 2. The number of nitro benzene ring substituents is 2. The fourth-order valence-corrected chi connectivity index (χ4v) is 3.13. The summed E-state index contributed by atoms with van der Waals surface area (Å²) in [5, 5.41) is 30.1. The molecule has 0 aromatic heterocycles. The van der Waals surface area contributed by atoms with E-state index in [0.717, 1.165) is 17.7 Å². The second kappa shape index (κ2) is 11.0. The van der Waals surface area contributed by atoms with Crippen molar-refractivity contribution >= 4 is 57.8 Å². The van der Waals surface area contributed by atoms with Crippen LogP contribution in [0.4, 0.5) is 11.4 Å². The minimum atomic E-state index is -0.696. The smallest absolute Gasteiger partial charge is 0.291 e. The molecule has 0 saturated carbocycles. The van der Waals surface area contributed by atoms with Gasteiger partial charge in [0.2, 0.25) is 0 Å². The number of hydrogen-bond acceptors (Lipinski definition) is 6. The van der Waals surface area contributed by atoms with Crippen LogP contribution in [0.5, 0.6) is 11.5 Å². The molecule has 12 heteroatoms. The van der Waals surface area contributed by atoms with Crippen LogP contribution in [0.1, 0.15) is 5.56 Å². The lowest BCUT2D eigenvalue weighted by Gasteiger charge is -2.08. The number of aromatic hydroxyl groups is 1. The first-order valence-electron chi connectivity index (χ1n) is 8.22. The zero-order chi connectivity index (χ0) is 23.1. The van der Waals surface area contributed by atoms with Crippen molar-refractivity contribution in [3.63, 3.8) is 0 Å². The molecular formula is C19H12Cl4N2O6. The van der Waals surface area contributed by atoms with Gasteiger partial charge in [0.15, 0.2) is 0 Å². The minimum absolute atomic E-state index is 0.00870. The van der Waals surface area contributed by atoms with Crippen LogP contribution in [-0.4, -0.2) is 15.0 Å². The lowest BCUT2D eigenvalue weighted by Crippen LogP contribution is -1.97. The molecule has 0 fully saturated rings. The van der Waals surface area contributed by atoms with Crippen molar-refractivity contribution in [3.05, 3.63) is 100 Å². The van der Waals surface area contributed by atoms with Gasteiger partial charge < -0.3 is 9.84 Å². The molecule has 0 heterocycles. The highest BCUT2D eigenvalue weighted by Gasteiger charge is 2.17. The molecule has 3 aromatic rings. The zero-order valence-corrected chi connectivity index (χ0v) is 18.3. The summed E-state index contributed by atoms with van der Waals surface area (Å²) < 4.78 is 5.47. The molecular weight excluding hydrogens is 494 g/mol. The number of nitrogens with zero attached hydrogens (tertiary/aromatic N) is 2. The van der Waals surface area contributed by atoms with E-state index in [9.17, 15) is 20.2 Å². The average Bonchev–Trinajstić information content (AvgIpc) is 2.71. The van der Waals surface area contributed by atoms with E-state index in [2.05, 4.69) is 0 Å². The van der Waals surface area contributed by atoms with Crippen molar-refractivity contribution in [1.82, 2.24) is 0 Å². The maximum Gasteiger partial charge on any atom is 0.291 e. The first kappa shape index (κ1) is 24.5. The normalized spacial score (nSPS) is 10.1. The van der Waals surface area contributed by atoms with Gasteiger partial charge in [0.25, 0.3) is 11.4 Å². The quantitative estimate of drug-likeness (QED) is 0.292. The number of ether oxygens (including phenoxy) is 1. The van der Waals surface area contributed by atoms with Crippen molar-refractivity contribution in [2.75, 3.05) is 0 Å². The van der Waals surface area contributed by atoms with Gasteiger partial charge in [-0.2, -0.15) is 0 Å². The Morgan fingerprint density at radius 3 is 1.84 bits per heavy atom. The maximum absolute atomic E-state index is 10.8. The molecule has 0 aliphatic rings. The van der Waals surface area contributed by atoms with E-state index in [-0.39, 0.29) is 49.6 Å². The molecule has 0 atom stereocenters. The molecule has 0 radical (unpaired) electrons. The highest BCUT2D eigenvalue weighted by molar-refractivity contribution is 6.37. The van der Waals surface area contributed by atoms with Gasteiger partial charge in [0.1, 0.15) is 28.2 Å². The molecule has 3 rings (SSSR count). The Morgan fingerprint density at radius 1 is 0.774 bits per heavy atom. The van der Waals surface area contributed by atoms with Crippen molar-refractivity contribution in [1.29, 1.82) is 0 Å². The molecule has 0 saturated heterocycles. The van der Waals surface area contributed by atoms with E-state index >= 15 is 0 Å². The third kappa shape index (κ3) is 6.86. The van der Waals surface area contributed by atoms with Gasteiger partial charge in [-0.15, -0.1) is 0 Å². The van der Waals surface area contributed by atoms with E-state index in [1.807, 2.05) is 30.3 Å². The molecule has 0 amide bonds. The summed E-state index contributed by atoms with van der Waals surface area (Å²) in [5.41, 5.74) is 0.351.